The van der Waals surface area contributed by atoms with Crippen molar-refractivity contribution in [1.82, 2.24) is 0 Å². The molecule has 1 rings (SSSR count). The number of thiocarbonyl (C=S) groups is 1. The molecule has 6 heteroatoms. The van der Waals surface area contributed by atoms with Gasteiger partial charge in [0.25, 0.3) is 0 Å². The van der Waals surface area contributed by atoms with Gasteiger partial charge in [-0.05, 0) is 38.1 Å². The molecule has 0 aliphatic heterocycles. The largest absolute Gasteiger partial charge is 0.389 e. The topological polar surface area (TPSA) is 73.6 Å². The first-order chi connectivity index (χ1) is 9.52. The quantitative estimate of drug-likeness (QED) is 0.714. The molecule has 0 saturated carbocycles. The molecule has 5 nitrogen and oxygen atoms in total. The maximum atomic E-state index is 11.7. The Kier molecular flexibility index (Phi) is 7.14. The van der Waals surface area contributed by atoms with Crippen molar-refractivity contribution in [2.75, 3.05) is 25.1 Å². The van der Waals surface area contributed by atoms with Crippen LogP contribution in [-0.4, -0.2) is 36.8 Å². The van der Waals surface area contributed by atoms with E-state index in [0.29, 0.717) is 23.9 Å². The van der Waals surface area contributed by atoms with E-state index in [2.05, 4.69) is 5.32 Å². The summed E-state index contributed by atoms with van der Waals surface area (Å²) >= 11 is 4.86. The van der Waals surface area contributed by atoms with Crippen LogP contribution in [0.5, 0.6) is 0 Å². The number of anilines is 1. The molecule has 20 heavy (non-hydrogen) atoms. The number of nitrogens with two attached hydrogens (primary N) is 1. The Morgan fingerprint density at radius 1 is 1.40 bits per heavy atom. The fourth-order valence-electron chi connectivity index (χ4n) is 1.46. The van der Waals surface area contributed by atoms with Gasteiger partial charge in [0.2, 0.25) is 5.91 Å². The average molecular weight is 296 g/mol. The Balaban J connectivity index is 2.36. The monoisotopic (exact) mass is 296 g/mol. The van der Waals surface area contributed by atoms with Crippen LogP contribution in [0, 0.1) is 0 Å². The van der Waals surface area contributed by atoms with Crippen LogP contribution in [0.3, 0.4) is 0 Å². The second-order valence-corrected chi connectivity index (χ2v) is 4.71. The summed E-state index contributed by atoms with van der Waals surface area (Å²) < 4.78 is 10.6. The molecular weight excluding hydrogens is 276 g/mol. The van der Waals surface area contributed by atoms with Gasteiger partial charge in [0.15, 0.2) is 0 Å². The van der Waals surface area contributed by atoms with E-state index in [1.807, 2.05) is 13.8 Å². The van der Waals surface area contributed by atoms with E-state index in [9.17, 15) is 4.79 Å². The van der Waals surface area contributed by atoms with Crippen LogP contribution in [0.4, 0.5) is 5.69 Å². The van der Waals surface area contributed by atoms with Gasteiger partial charge in [-0.25, -0.2) is 0 Å². The number of benzene rings is 1. The van der Waals surface area contributed by atoms with Crippen LogP contribution in [0.2, 0.25) is 0 Å². The van der Waals surface area contributed by atoms with Crippen LogP contribution in [0.25, 0.3) is 0 Å². The lowest BCUT2D eigenvalue weighted by Gasteiger charge is -2.12. The third-order valence-electron chi connectivity index (χ3n) is 2.51. The molecule has 110 valence electrons. The molecule has 1 aromatic rings. The Morgan fingerprint density at radius 2 is 2.05 bits per heavy atom. The first-order valence-electron chi connectivity index (χ1n) is 6.42. The molecule has 0 aliphatic carbocycles. The number of amides is 1. The van der Waals surface area contributed by atoms with Crippen LogP contribution in [-0.2, 0) is 14.3 Å². The van der Waals surface area contributed by atoms with Gasteiger partial charge in [0.05, 0.1) is 12.7 Å². The molecule has 0 fully saturated rings. The molecular formula is C14H20N2O3S. The number of ether oxygens (including phenoxy) is 2. The van der Waals surface area contributed by atoms with Crippen molar-refractivity contribution in [3.63, 3.8) is 0 Å². The minimum atomic E-state index is -0.212. The van der Waals surface area contributed by atoms with Crippen molar-refractivity contribution < 1.29 is 14.3 Å². The molecule has 0 aromatic heterocycles. The first-order valence-corrected chi connectivity index (χ1v) is 6.82. The smallest absolute Gasteiger partial charge is 0.250 e. The maximum absolute atomic E-state index is 11.7. The molecule has 0 spiro atoms. The van der Waals surface area contributed by atoms with Gasteiger partial charge in [-0.3, -0.25) is 4.79 Å². The molecule has 0 radical (unpaired) electrons. The van der Waals surface area contributed by atoms with Gasteiger partial charge in [-0.1, -0.05) is 12.2 Å². The summed E-state index contributed by atoms with van der Waals surface area (Å²) in [6.07, 6.45) is -0.113. The lowest BCUT2D eigenvalue weighted by Crippen LogP contribution is -2.24. The van der Waals surface area contributed by atoms with Crippen molar-refractivity contribution in [2.24, 2.45) is 5.73 Å². The highest BCUT2D eigenvalue weighted by Gasteiger charge is 2.07. The molecule has 0 aliphatic rings. The number of carbonyl (C=O) groups is 1. The molecule has 1 atom stereocenters. The molecule has 1 amide bonds. The van der Waals surface area contributed by atoms with Crippen LogP contribution < -0.4 is 11.1 Å². The highest BCUT2D eigenvalue weighted by atomic mass is 32.1. The van der Waals surface area contributed by atoms with E-state index in [0.717, 1.165) is 5.56 Å². The van der Waals surface area contributed by atoms with E-state index >= 15 is 0 Å². The maximum Gasteiger partial charge on any atom is 0.250 e. The third kappa shape index (κ3) is 6.10. The Bertz CT molecular complexity index is 448. The van der Waals surface area contributed by atoms with Gasteiger partial charge >= 0.3 is 0 Å². The summed E-state index contributed by atoms with van der Waals surface area (Å²) in [5.74, 6) is -0.212. The number of hydrogen-bond donors (Lipinski definition) is 2. The van der Waals surface area contributed by atoms with Gasteiger partial charge in [-0.2, -0.15) is 0 Å². The van der Waals surface area contributed by atoms with E-state index in [-0.39, 0.29) is 18.6 Å². The molecule has 1 unspecified atom stereocenters. The zero-order valence-electron chi connectivity index (χ0n) is 11.7. The van der Waals surface area contributed by atoms with Gasteiger partial charge in [0, 0.05) is 17.9 Å². The summed E-state index contributed by atoms with van der Waals surface area (Å²) in [5.41, 5.74) is 6.94. The molecule has 3 N–H and O–H groups in total. The molecule has 0 bridgehead atoms. The Labute approximate surface area is 124 Å². The standard InChI is InChI=1S/C14H20N2O3S/c1-3-18-8-10(2)19-9-13(17)16-12-6-4-11(5-7-12)14(15)20/h4-7,10H,3,8-9H2,1-2H3,(H2,15,20)(H,16,17). The SMILES string of the molecule is CCOCC(C)OCC(=O)Nc1ccc(C(N)=S)cc1. The van der Waals surface area contributed by atoms with E-state index in [1.54, 1.807) is 24.3 Å². The van der Waals surface area contributed by atoms with Gasteiger partial charge in [-0.15, -0.1) is 0 Å². The highest BCUT2D eigenvalue weighted by Crippen LogP contribution is 2.09. The predicted molar refractivity (Wildman–Crippen MR) is 82.9 cm³/mol. The number of nitrogens with one attached hydrogen (secondary N) is 1. The fourth-order valence-corrected chi connectivity index (χ4v) is 1.60. The molecule has 0 heterocycles. The first kappa shape index (κ1) is 16.6. The summed E-state index contributed by atoms with van der Waals surface area (Å²) in [6, 6.07) is 7.01. The lowest BCUT2D eigenvalue weighted by molar-refractivity contribution is -0.123. The minimum absolute atomic E-state index is 0.00864. The van der Waals surface area contributed by atoms with E-state index < -0.39 is 0 Å². The average Bonchev–Trinajstić information content (AvgIpc) is 2.43. The molecule has 0 saturated heterocycles. The van der Waals surface area contributed by atoms with Crippen LogP contribution in [0.15, 0.2) is 24.3 Å². The summed E-state index contributed by atoms with van der Waals surface area (Å²) in [6.45, 7) is 4.88. The van der Waals surface area contributed by atoms with Crippen molar-refractivity contribution in [3.05, 3.63) is 29.8 Å². The summed E-state index contributed by atoms with van der Waals surface area (Å²) in [7, 11) is 0. The van der Waals surface area contributed by atoms with Crippen LogP contribution in [0.1, 0.15) is 19.4 Å². The summed E-state index contributed by atoms with van der Waals surface area (Å²) in [4.78, 5) is 12.0. The van der Waals surface area contributed by atoms with E-state index in [4.69, 9.17) is 27.4 Å². The number of carbonyl (C=O) groups excluding carboxylic acids is 1. The van der Waals surface area contributed by atoms with Crippen molar-refractivity contribution >= 4 is 28.8 Å². The van der Waals surface area contributed by atoms with Crippen molar-refractivity contribution in [3.8, 4) is 0 Å². The second-order valence-electron chi connectivity index (χ2n) is 4.27. The Morgan fingerprint density at radius 3 is 2.60 bits per heavy atom. The van der Waals surface area contributed by atoms with Crippen molar-refractivity contribution in [1.29, 1.82) is 0 Å². The normalized spacial score (nSPS) is 11.9. The predicted octanol–water partition coefficient (Wildman–Crippen LogP) is 1.70. The Hall–Kier alpha value is -1.50. The zero-order chi connectivity index (χ0) is 15.0. The van der Waals surface area contributed by atoms with E-state index in [1.165, 1.54) is 0 Å². The van der Waals surface area contributed by atoms with Gasteiger partial charge in [0.1, 0.15) is 11.6 Å². The second kappa shape index (κ2) is 8.63. The number of rotatable bonds is 8. The van der Waals surface area contributed by atoms with Crippen molar-refractivity contribution in [2.45, 2.75) is 20.0 Å². The zero-order valence-corrected chi connectivity index (χ0v) is 12.5. The third-order valence-corrected chi connectivity index (χ3v) is 2.74. The molecule has 1 aromatic carbocycles. The minimum Gasteiger partial charge on any atom is -0.389 e. The van der Waals surface area contributed by atoms with Crippen LogP contribution >= 0.6 is 12.2 Å². The van der Waals surface area contributed by atoms with Gasteiger partial charge < -0.3 is 20.5 Å². The fraction of sp³-hybridized carbons (Fsp3) is 0.429. The summed E-state index contributed by atoms with van der Waals surface area (Å²) in [5, 5.41) is 2.73. The number of hydrogen-bond acceptors (Lipinski definition) is 4. The highest BCUT2D eigenvalue weighted by molar-refractivity contribution is 7.80. The lowest BCUT2D eigenvalue weighted by atomic mass is 10.2.